The number of hydrogen-bond donors (Lipinski definition) is 1. The van der Waals surface area contributed by atoms with Crippen LogP contribution in [0.2, 0.25) is 0 Å². The third kappa shape index (κ3) is 3.67. The van der Waals surface area contributed by atoms with Gasteiger partial charge in [0.25, 0.3) is 15.0 Å². The molecule has 1 aromatic rings. The highest BCUT2D eigenvalue weighted by molar-refractivity contribution is 8.13. The van der Waals surface area contributed by atoms with Gasteiger partial charge in [0.2, 0.25) is 0 Å². The summed E-state index contributed by atoms with van der Waals surface area (Å²) in [5.41, 5.74) is 0.0410. The predicted molar refractivity (Wildman–Crippen MR) is 62.0 cm³/mol. The Morgan fingerprint density at radius 1 is 1.41 bits per heavy atom. The lowest BCUT2D eigenvalue weighted by atomic mass is 10.2. The fraction of sp³-hybridized carbons (Fsp3) is 0.300. The van der Waals surface area contributed by atoms with E-state index in [2.05, 4.69) is 5.32 Å². The summed E-state index contributed by atoms with van der Waals surface area (Å²) in [4.78, 5) is 10.9. The zero-order valence-corrected chi connectivity index (χ0v) is 10.8. The Kier molecular flexibility index (Phi) is 4.11. The summed E-state index contributed by atoms with van der Waals surface area (Å²) in [5, 5.41) is 2.56. The Hall–Kier alpha value is -1.14. The molecule has 0 aromatic heterocycles. The van der Waals surface area contributed by atoms with Crippen LogP contribution in [0.15, 0.2) is 23.1 Å². The van der Waals surface area contributed by atoms with Gasteiger partial charge in [-0.2, -0.15) is 0 Å². The third-order valence-electron chi connectivity index (χ3n) is 1.88. The molecule has 0 radical (unpaired) electrons. The first-order valence-corrected chi connectivity index (χ1v) is 7.08. The molecule has 0 bridgehead atoms. The Bertz CT molecular complexity index is 542. The molecule has 0 heterocycles. The van der Waals surface area contributed by atoms with Gasteiger partial charge in [0, 0.05) is 22.3 Å². The van der Waals surface area contributed by atoms with Gasteiger partial charge in [-0.1, -0.05) is 0 Å². The van der Waals surface area contributed by atoms with Gasteiger partial charge in [-0.05, 0) is 32.0 Å². The van der Waals surface area contributed by atoms with Crippen LogP contribution in [-0.2, 0) is 9.05 Å². The minimum atomic E-state index is -4.20. The molecule has 94 valence electrons. The second-order valence-corrected chi connectivity index (χ2v) is 6.25. The highest BCUT2D eigenvalue weighted by Crippen LogP contribution is 2.20. The molecule has 7 heteroatoms. The maximum atomic E-state index is 13.2. The van der Waals surface area contributed by atoms with E-state index in [9.17, 15) is 17.6 Å². The lowest BCUT2D eigenvalue weighted by Crippen LogP contribution is -2.30. The summed E-state index contributed by atoms with van der Waals surface area (Å²) >= 11 is 0. The normalized spacial score (nSPS) is 11.6. The Morgan fingerprint density at radius 3 is 2.47 bits per heavy atom. The number of hydrogen-bond acceptors (Lipinski definition) is 3. The van der Waals surface area contributed by atoms with Gasteiger partial charge in [-0.15, -0.1) is 0 Å². The number of carbonyl (C=O) groups is 1. The molecule has 0 aliphatic heterocycles. The lowest BCUT2D eigenvalue weighted by molar-refractivity contribution is 0.0943. The second-order valence-electron chi connectivity index (χ2n) is 3.71. The molecule has 0 aliphatic carbocycles. The van der Waals surface area contributed by atoms with Crippen LogP contribution in [0.5, 0.6) is 0 Å². The van der Waals surface area contributed by atoms with Crippen molar-refractivity contribution in [2.75, 3.05) is 0 Å². The summed E-state index contributed by atoms with van der Waals surface area (Å²) in [6.45, 7) is 3.50. The van der Waals surface area contributed by atoms with E-state index in [-0.39, 0.29) is 11.6 Å². The van der Waals surface area contributed by atoms with Gasteiger partial charge in [0.1, 0.15) is 10.7 Å². The minimum Gasteiger partial charge on any atom is -0.350 e. The monoisotopic (exact) mass is 279 g/mol. The standard InChI is InChI=1S/C10H11ClFNO3S/c1-6(2)13-10(14)7-3-4-8(12)9(5-7)17(11,15)16/h3-6H,1-2H3,(H,13,14). The fourth-order valence-electron chi connectivity index (χ4n) is 1.18. The van der Waals surface area contributed by atoms with Gasteiger partial charge < -0.3 is 5.32 Å². The molecule has 1 rings (SSSR count). The average Bonchev–Trinajstić information content (AvgIpc) is 2.15. The molecule has 0 unspecified atom stereocenters. The lowest BCUT2D eigenvalue weighted by Gasteiger charge is -2.09. The maximum absolute atomic E-state index is 13.2. The Balaban J connectivity index is 3.18. The number of nitrogens with one attached hydrogen (secondary N) is 1. The number of carbonyl (C=O) groups excluding carboxylic acids is 1. The Labute approximate surface area is 103 Å². The molecule has 0 spiro atoms. The van der Waals surface area contributed by atoms with Crippen LogP contribution >= 0.6 is 10.7 Å². The molecule has 1 N–H and O–H groups in total. The molecule has 1 amide bonds. The Morgan fingerprint density at radius 2 is 2.00 bits per heavy atom. The zero-order valence-electron chi connectivity index (χ0n) is 9.20. The van der Waals surface area contributed by atoms with E-state index in [0.717, 1.165) is 12.1 Å². The molecule has 1 aromatic carbocycles. The number of amides is 1. The summed E-state index contributed by atoms with van der Waals surface area (Å²) in [6, 6.07) is 2.89. The highest BCUT2D eigenvalue weighted by atomic mass is 35.7. The first kappa shape index (κ1) is 13.9. The van der Waals surface area contributed by atoms with Crippen LogP contribution < -0.4 is 5.32 Å². The molecule has 0 atom stereocenters. The predicted octanol–water partition coefficient (Wildman–Crippen LogP) is 1.89. The van der Waals surface area contributed by atoms with Crippen LogP contribution in [0.3, 0.4) is 0 Å². The van der Waals surface area contributed by atoms with Gasteiger partial charge in [0.15, 0.2) is 0 Å². The van der Waals surface area contributed by atoms with Gasteiger partial charge >= 0.3 is 0 Å². The SMILES string of the molecule is CC(C)NC(=O)c1ccc(F)c(S(=O)(=O)Cl)c1. The quantitative estimate of drug-likeness (QED) is 0.860. The van der Waals surface area contributed by atoms with Crippen molar-refractivity contribution >= 4 is 25.6 Å². The first-order valence-electron chi connectivity index (χ1n) is 4.77. The molecule has 0 fully saturated rings. The van der Waals surface area contributed by atoms with E-state index < -0.39 is 25.7 Å². The van der Waals surface area contributed by atoms with Crippen molar-refractivity contribution in [3.63, 3.8) is 0 Å². The summed E-state index contributed by atoms with van der Waals surface area (Å²) in [5.74, 6) is -1.47. The molecular weight excluding hydrogens is 269 g/mol. The van der Waals surface area contributed by atoms with Crippen molar-refractivity contribution in [3.05, 3.63) is 29.6 Å². The van der Waals surface area contributed by atoms with E-state index in [1.165, 1.54) is 6.07 Å². The van der Waals surface area contributed by atoms with Crippen LogP contribution in [0.1, 0.15) is 24.2 Å². The van der Waals surface area contributed by atoms with E-state index in [0.29, 0.717) is 0 Å². The largest absolute Gasteiger partial charge is 0.350 e. The molecule has 0 aliphatic rings. The van der Waals surface area contributed by atoms with E-state index >= 15 is 0 Å². The van der Waals surface area contributed by atoms with Crippen molar-refractivity contribution in [2.24, 2.45) is 0 Å². The summed E-state index contributed by atoms with van der Waals surface area (Å²) in [6.07, 6.45) is 0. The molecular formula is C10H11ClFNO3S. The molecule has 4 nitrogen and oxygen atoms in total. The summed E-state index contributed by atoms with van der Waals surface area (Å²) in [7, 11) is 0.846. The number of rotatable bonds is 3. The summed E-state index contributed by atoms with van der Waals surface area (Å²) < 4.78 is 35.3. The van der Waals surface area contributed by atoms with Crippen molar-refractivity contribution in [1.82, 2.24) is 5.32 Å². The van der Waals surface area contributed by atoms with E-state index in [1.807, 2.05) is 0 Å². The van der Waals surface area contributed by atoms with Crippen LogP contribution in [0.4, 0.5) is 4.39 Å². The number of benzene rings is 1. The molecule has 0 saturated carbocycles. The van der Waals surface area contributed by atoms with Crippen molar-refractivity contribution in [2.45, 2.75) is 24.8 Å². The minimum absolute atomic E-state index is 0.0410. The highest BCUT2D eigenvalue weighted by Gasteiger charge is 2.18. The van der Waals surface area contributed by atoms with E-state index in [1.54, 1.807) is 13.8 Å². The first-order chi connectivity index (χ1) is 7.71. The maximum Gasteiger partial charge on any atom is 0.264 e. The van der Waals surface area contributed by atoms with Crippen molar-refractivity contribution in [1.29, 1.82) is 0 Å². The van der Waals surface area contributed by atoms with E-state index in [4.69, 9.17) is 10.7 Å². The van der Waals surface area contributed by atoms with Crippen molar-refractivity contribution in [3.8, 4) is 0 Å². The van der Waals surface area contributed by atoms with Crippen LogP contribution in [-0.4, -0.2) is 20.4 Å². The number of halogens is 2. The topological polar surface area (TPSA) is 63.2 Å². The van der Waals surface area contributed by atoms with Gasteiger partial charge in [-0.25, -0.2) is 12.8 Å². The van der Waals surface area contributed by atoms with Gasteiger partial charge in [0.05, 0.1) is 0 Å². The third-order valence-corrected chi connectivity index (χ3v) is 3.21. The van der Waals surface area contributed by atoms with Crippen LogP contribution in [0.25, 0.3) is 0 Å². The molecule has 17 heavy (non-hydrogen) atoms. The van der Waals surface area contributed by atoms with Crippen LogP contribution in [0, 0.1) is 5.82 Å². The van der Waals surface area contributed by atoms with Gasteiger partial charge in [-0.3, -0.25) is 4.79 Å². The fourth-order valence-corrected chi connectivity index (χ4v) is 2.10. The second kappa shape index (κ2) is 5.01. The molecule has 0 saturated heterocycles. The van der Waals surface area contributed by atoms with Crippen molar-refractivity contribution < 1.29 is 17.6 Å². The zero-order chi connectivity index (χ0) is 13.2. The average molecular weight is 280 g/mol. The smallest absolute Gasteiger partial charge is 0.264 e.